The van der Waals surface area contributed by atoms with Gasteiger partial charge in [0, 0.05) is 12.1 Å². The standard InChI is InChI=1S/C14H21N3O4S/c1-2-3-4-5-6-13(18)17(14(16)19)22(20,21)12-9-7-11(15)8-10-12/h7-10H,2-6,15H2,1H3,(H2,16,19). The molecular formula is C14H21N3O4S. The summed E-state index contributed by atoms with van der Waals surface area (Å²) in [6.45, 7) is 2.02. The van der Waals surface area contributed by atoms with Crippen LogP contribution in [0.3, 0.4) is 0 Å². The SMILES string of the molecule is CCCCCCC(=O)N(C(N)=O)S(=O)(=O)c1ccc(N)cc1. The Labute approximate surface area is 130 Å². The van der Waals surface area contributed by atoms with Crippen molar-refractivity contribution in [1.29, 1.82) is 0 Å². The predicted molar refractivity (Wildman–Crippen MR) is 83.2 cm³/mol. The fourth-order valence-electron chi connectivity index (χ4n) is 1.93. The van der Waals surface area contributed by atoms with E-state index in [1.54, 1.807) is 0 Å². The minimum atomic E-state index is -4.31. The Morgan fingerprint density at radius 3 is 2.18 bits per heavy atom. The topological polar surface area (TPSA) is 124 Å². The van der Waals surface area contributed by atoms with Crippen molar-refractivity contribution in [2.45, 2.75) is 43.9 Å². The van der Waals surface area contributed by atoms with Crippen LogP contribution in [0.25, 0.3) is 0 Å². The molecule has 0 saturated heterocycles. The highest BCUT2D eigenvalue weighted by atomic mass is 32.2. The van der Waals surface area contributed by atoms with E-state index in [4.69, 9.17) is 11.5 Å². The number of urea groups is 1. The molecule has 0 atom stereocenters. The summed E-state index contributed by atoms with van der Waals surface area (Å²) in [4.78, 5) is 23.3. The lowest BCUT2D eigenvalue weighted by molar-refractivity contribution is -0.124. The molecule has 0 unspecified atom stereocenters. The van der Waals surface area contributed by atoms with Gasteiger partial charge in [0.25, 0.3) is 10.0 Å². The van der Waals surface area contributed by atoms with Crippen molar-refractivity contribution in [2.75, 3.05) is 5.73 Å². The minimum Gasteiger partial charge on any atom is -0.399 e. The number of nitrogen functional groups attached to an aromatic ring is 1. The molecule has 7 nitrogen and oxygen atoms in total. The van der Waals surface area contributed by atoms with Crippen LogP contribution in [0.5, 0.6) is 0 Å². The maximum Gasteiger partial charge on any atom is 0.335 e. The second-order valence-corrected chi connectivity index (χ2v) is 6.67. The van der Waals surface area contributed by atoms with E-state index in [-0.39, 0.29) is 15.6 Å². The molecule has 22 heavy (non-hydrogen) atoms. The molecule has 1 aromatic carbocycles. The van der Waals surface area contributed by atoms with Gasteiger partial charge in [0.05, 0.1) is 4.90 Å². The molecule has 1 rings (SSSR count). The van der Waals surface area contributed by atoms with Crippen molar-refractivity contribution >= 4 is 27.6 Å². The van der Waals surface area contributed by atoms with Gasteiger partial charge in [-0.15, -0.1) is 0 Å². The molecule has 0 aliphatic heterocycles. The number of amides is 3. The molecule has 1 aromatic rings. The Bertz CT molecular complexity index is 626. The maximum absolute atomic E-state index is 12.4. The fourth-order valence-corrected chi connectivity index (χ4v) is 3.21. The van der Waals surface area contributed by atoms with Gasteiger partial charge < -0.3 is 11.5 Å². The maximum atomic E-state index is 12.4. The van der Waals surface area contributed by atoms with E-state index < -0.39 is 22.0 Å². The van der Waals surface area contributed by atoms with Crippen LogP contribution in [-0.2, 0) is 14.8 Å². The largest absolute Gasteiger partial charge is 0.399 e. The van der Waals surface area contributed by atoms with Gasteiger partial charge in [-0.1, -0.05) is 26.2 Å². The summed E-state index contributed by atoms with van der Waals surface area (Å²) in [6, 6.07) is 3.89. The van der Waals surface area contributed by atoms with E-state index in [2.05, 4.69) is 0 Å². The van der Waals surface area contributed by atoms with E-state index in [0.717, 1.165) is 19.3 Å². The quantitative estimate of drug-likeness (QED) is 0.584. The number of benzene rings is 1. The van der Waals surface area contributed by atoms with Crippen molar-refractivity contribution in [3.05, 3.63) is 24.3 Å². The minimum absolute atomic E-state index is 0.0445. The summed E-state index contributed by atoms with van der Waals surface area (Å²) in [7, 11) is -4.31. The van der Waals surface area contributed by atoms with Crippen LogP contribution in [0.2, 0.25) is 0 Å². The molecule has 0 radical (unpaired) electrons. The van der Waals surface area contributed by atoms with Crippen molar-refractivity contribution in [2.24, 2.45) is 5.73 Å². The summed E-state index contributed by atoms with van der Waals surface area (Å²) in [5.74, 6) is -0.819. The van der Waals surface area contributed by atoms with Crippen molar-refractivity contribution in [3.63, 3.8) is 0 Å². The highest BCUT2D eigenvalue weighted by molar-refractivity contribution is 7.90. The number of rotatable bonds is 7. The number of carbonyl (C=O) groups excluding carboxylic acids is 2. The lowest BCUT2D eigenvalue weighted by atomic mass is 10.1. The number of nitrogens with two attached hydrogens (primary N) is 2. The molecule has 0 saturated carbocycles. The Morgan fingerprint density at radius 1 is 1.09 bits per heavy atom. The molecule has 122 valence electrons. The van der Waals surface area contributed by atoms with Gasteiger partial charge in [-0.25, -0.2) is 13.2 Å². The van der Waals surface area contributed by atoms with Gasteiger partial charge in [0.1, 0.15) is 0 Å². The molecule has 8 heteroatoms. The van der Waals surface area contributed by atoms with Crippen molar-refractivity contribution < 1.29 is 18.0 Å². The molecule has 0 aliphatic carbocycles. The van der Waals surface area contributed by atoms with E-state index in [0.29, 0.717) is 12.1 Å². The van der Waals surface area contributed by atoms with Gasteiger partial charge >= 0.3 is 6.03 Å². The number of anilines is 1. The first-order chi connectivity index (χ1) is 10.3. The summed E-state index contributed by atoms with van der Waals surface area (Å²) in [6.07, 6.45) is 3.17. The van der Waals surface area contributed by atoms with Crippen LogP contribution >= 0.6 is 0 Å². The average Bonchev–Trinajstić information content (AvgIpc) is 2.43. The van der Waals surface area contributed by atoms with Gasteiger partial charge in [-0.2, -0.15) is 4.31 Å². The van der Waals surface area contributed by atoms with E-state index >= 15 is 0 Å². The predicted octanol–water partition coefficient (Wildman–Crippen LogP) is 1.84. The van der Waals surface area contributed by atoms with Gasteiger partial charge in [0.2, 0.25) is 5.91 Å². The normalized spacial score (nSPS) is 11.1. The summed E-state index contributed by atoms with van der Waals surface area (Å²) >= 11 is 0. The van der Waals surface area contributed by atoms with E-state index in [1.165, 1.54) is 24.3 Å². The summed E-state index contributed by atoms with van der Waals surface area (Å²) in [5.41, 5.74) is 10.9. The number of primary amides is 1. The van der Waals surface area contributed by atoms with Crippen molar-refractivity contribution in [3.8, 4) is 0 Å². The molecule has 0 heterocycles. The van der Waals surface area contributed by atoms with Gasteiger partial charge in [-0.05, 0) is 30.7 Å². The molecule has 0 spiro atoms. The molecular weight excluding hydrogens is 306 g/mol. The van der Waals surface area contributed by atoms with Crippen LogP contribution < -0.4 is 11.5 Å². The van der Waals surface area contributed by atoms with Crippen LogP contribution in [-0.4, -0.2) is 24.7 Å². The number of sulfonamides is 1. The number of nitrogens with zero attached hydrogens (tertiary/aromatic N) is 1. The van der Waals surface area contributed by atoms with E-state index in [9.17, 15) is 18.0 Å². The first-order valence-corrected chi connectivity index (χ1v) is 8.47. The smallest absolute Gasteiger partial charge is 0.335 e. The lowest BCUT2D eigenvalue weighted by Crippen LogP contribution is -2.44. The highest BCUT2D eigenvalue weighted by Crippen LogP contribution is 2.19. The van der Waals surface area contributed by atoms with Crippen molar-refractivity contribution in [1.82, 2.24) is 4.31 Å². The van der Waals surface area contributed by atoms with Crippen LogP contribution in [0.4, 0.5) is 10.5 Å². The molecule has 0 fully saturated rings. The zero-order valence-electron chi connectivity index (χ0n) is 12.5. The first kappa shape index (κ1) is 18.0. The Kier molecular flexibility index (Phi) is 6.36. The highest BCUT2D eigenvalue weighted by Gasteiger charge is 2.33. The van der Waals surface area contributed by atoms with Gasteiger partial charge in [0.15, 0.2) is 0 Å². The number of hydrogen-bond donors (Lipinski definition) is 2. The molecule has 4 N–H and O–H groups in total. The zero-order valence-corrected chi connectivity index (χ0v) is 13.3. The lowest BCUT2D eigenvalue weighted by Gasteiger charge is -2.18. The fraction of sp³-hybridized carbons (Fsp3) is 0.429. The number of hydrogen-bond acceptors (Lipinski definition) is 5. The second-order valence-electron chi connectivity index (χ2n) is 4.88. The second kappa shape index (κ2) is 7.79. The number of unbranched alkanes of at least 4 members (excludes halogenated alkanes) is 3. The third kappa shape index (κ3) is 4.45. The van der Waals surface area contributed by atoms with E-state index in [1.807, 2.05) is 6.92 Å². The molecule has 3 amide bonds. The molecule has 0 bridgehead atoms. The van der Waals surface area contributed by atoms with Crippen LogP contribution in [0.1, 0.15) is 39.0 Å². The Morgan fingerprint density at radius 2 is 1.68 bits per heavy atom. The third-order valence-corrected chi connectivity index (χ3v) is 4.82. The monoisotopic (exact) mass is 327 g/mol. The Hall–Kier alpha value is -2.09. The summed E-state index contributed by atoms with van der Waals surface area (Å²) < 4.78 is 24.9. The summed E-state index contributed by atoms with van der Waals surface area (Å²) in [5, 5.41) is 0. The zero-order chi connectivity index (χ0) is 16.8. The number of imide groups is 1. The Balaban J connectivity index is 2.96. The number of carbonyl (C=O) groups is 2. The van der Waals surface area contributed by atoms with Gasteiger partial charge in [-0.3, -0.25) is 4.79 Å². The third-order valence-electron chi connectivity index (χ3n) is 3.09. The average molecular weight is 327 g/mol. The van der Waals surface area contributed by atoms with Crippen LogP contribution in [0.15, 0.2) is 29.2 Å². The van der Waals surface area contributed by atoms with Crippen LogP contribution in [0, 0.1) is 0 Å². The molecule has 0 aliphatic rings. The molecule has 0 aromatic heterocycles. The first-order valence-electron chi connectivity index (χ1n) is 7.03.